The van der Waals surface area contributed by atoms with Crippen molar-refractivity contribution in [2.75, 3.05) is 19.6 Å². The summed E-state index contributed by atoms with van der Waals surface area (Å²) in [4.78, 5) is 2.57. The molecular weight excluding hydrogens is 172 g/mol. The molecule has 0 saturated carbocycles. The molecule has 2 N–H and O–H groups in total. The van der Waals surface area contributed by atoms with E-state index in [1.807, 2.05) is 0 Å². The van der Waals surface area contributed by atoms with Crippen LogP contribution in [0.3, 0.4) is 0 Å². The van der Waals surface area contributed by atoms with E-state index in [9.17, 15) is 0 Å². The maximum Gasteiger partial charge on any atom is 0.0167 e. The van der Waals surface area contributed by atoms with Crippen LogP contribution in [0.4, 0.5) is 0 Å². The fourth-order valence-electron chi connectivity index (χ4n) is 2.29. The Morgan fingerprint density at radius 2 is 1.64 bits per heavy atom. The molecular formula is C12H26N2. The first kappa shape index (κ1) is 12.0. The molecule has 1 fully saturated rings. The van der Waals surface area contributed by atoms with E-state index in [2.05, 4.69) is 11.8 Å². The highest BCUT2D eigenvalue weighted by Crippen LogP contribution is 2.11. The molecule has 0 unspecified atom stereocenters. The molecule has 0 aromatic rings. The minimum absolute atomic E-state index is 0.402. The van der Waals surface area contributed by atoms with Gasteiger partial charge in [-0.3, -0.25) is 0 Å². The topological polar surface area (TPSA) is 29.3 Å². The van der Waals surface area contributed by atoms with Gasteiger partial charge in [0, 0.05) is 12.6 Å². The molecule has 14 heavy (non-hydrogen) atoms. The number of hydrogen-bond acceptors (Lipinski definition) is 2. The Morgan fingerprint density at radius 3 is 2.21 bits per heavy atom. The number of nitrogens with two attached hydrogens (primary N) is 1. The molecule has 0 aromatic carbocycles. The largest absolute Gasteiger partial charge is 0.327 e. The van der Waals surface area contributed by atoms with Gasteiger partial charge < -0.3 is 10.6 Å². The summed E-state index contributed by atoms with van der Waals surface area (Å²) in [6, 6.07) is 0.402. The molecule has 0 bridgehead atoms. The average molecular weight is 198 g/mol. The Labute approximate surface area is 88.8 Å². The van der Waals surface area contributed by atoms with Gasteiger partial charge in [-0.2, -0.15) is 0 Å². The fourth-order valence-corrected chi connectivity index (χ4v) is 2.29. The van der Waals surface area contributed by atoms with Crippen LogP contribution in [-0.2, 0) is 0 Å². The first-order valence-corrected chi connectivity index (χ1v) is 6.31. The highest BCUT2D eigenvalue weighted by atomic mass is 15.1. The van der Waals surface area contributed by atoms with Crippen LogP contribution in [0.15, 0.2) is 0 Å². The second-order valence-corrected chi connectivity index (χ2v) is 4.62. The zero-order chi connectivity index (χ0) is 10.2. The van der Waals surface area contributed by atoms with Crippen molar-refractivity contribution in [1.29, 1.82) is 0 Å². The Bertz CT molecular complexity index is 128. The van der Waals surface area contributed by atoms with Crippen LogP contribution in [0, 0.1) is 0 Å². The molecule has 0 aliphatic carbocycles. The summed E-state index contributed by atoms with van der Waals surface area (Å²) in [7, 11) is 0. The molecule has 1 atom stereocenters. The molecule has 0 spiro atoms. The Hall–Kier alpha value is -0.0800. The summed E-state index contributed by atoms with van der Waals surface area (Å²) in [5.74, 6) is 0. The van der Waals surface area contributed by atoms with Crippen molar-refractivity contribution in [3.8, 4) is 0 Å². The van der Waals surface area contributed by atoms with Gasteiger partial charge in [-0.1, -0.05) is 32.6 Å². The van der Waals surface area contributed by atoms with Gasteiger partial charge in [0.05, 0.1) is 0 Å². The van der Waals surface area contributed by atoms with Gasteiger partial charge in [-0.05, 0) is 32.4 Å². The van der Waals surface area contributed by atoms with E-state index in [0.717, 1.165) is 6.54 Å². The normalized spacial score (nSPS) is 22.7. The third-order valence-electron chi connectivity index (χ3n) is 3.10. The summed E-state index contributed by atoms with van der Waals surface area (Å²) in [5, 5.41) is 0. The first-order chi connectivity index (χ1) is 6.83. The van der Waals surface area contributed by atoms with Crippen molar-refractivity contribution < 1.29 is 0 Å². The molecule has 0 amide bonds. The maximum absolute atomic E-state index is 6.06. The van der Waals surface area contributed by atoms with Gasteiger partial charge >= 0.3 is 0 Å². The highest BCUT2D eigenvalue weighted by Gasteiger charge is 2.11. The third-order valence-corrected chi connectivity index (χ3v) is 3.10. The summed E-state index contributed by atoms with van der Waals surface area (Å²) in [6.07, 6.45) is 9.41. The van der Waals surface area contributed by atoms with Crippen molar-refractivity contribution in [2.45, 2.75) is 57.9 Å². The molecule has 2 nitrogen and oxygen atoms in total. The minimum atomic E-state index is 0.402. The van der Waals surface area contributed by atoms with Crippen LogP contribution in [0.2, 0.25) is 0 Å². The lowest BCUT2D eigenvalue weighted by molar-refractivity contribution is 0.230. The maximum atomic E-state index is 6.06. The second kappa shape index (κ2) is 7.24. The van der Waals surface area contributed by atoms with Crippen molar-refractivity contribution in [3.63, 3.8) is 0 Å². The van der Waals surface area contributed by atoms with Crippen molar-refractivity contribution >= 4 is 0 Å². The van der Waals surface area contributed by atoms with Crippen LogP contribution >= 0.6 is 0 Å². The van der Waals surface area contributed by atoms with Gasteiger partial charge in [0.2, 0.25) is 0 Å². The molecule has 84 valence electrons. The minimum Gasteiger partial charge on any atom is -0.327 e. The lowest BCUT2D eigenvalue weighted by atomic mass is 10.1. The Kier molecular flexibility index (Phi) is 6.20. The average Bonchev–Trinajstić information content (AvgIpc) is 2.10. The van der Waals surface area contributed by atoms with Crippen LogP contribution in [0.5, 0.6) is 0 Å². The molecule has 1 saturated heterocycles. The first-order valence-electron chi connectivity index (χ1n) is 6.31. The monoisotopic (exact) mass is 198 g/mol. The molecule has 1 aliphatic rings. The lowest BCUT2D eigenvalue weighted by Gasteiger charge is -2.27. The van der Waals surface area contributed by atoms with E-state index in [-0.39, 0.29) is 0 Å². The fraction of sp³-hybridized carbons (Fsp3) is 1.00. The van der Waals surface area contributed by atoms with E-state index in [0.29, 0.717) is 6.04 Å². The van der Waals surface area contributed by atoms with Gasteiger partial charge in [0.25, 0.3) is 0 Å². The predicted molar refractivity (Wildman–Crippen MR) is 62.4 cm³/mol. The molecule has 0 radical (unpaired) electrons. The van der Waals surface area contributed by atoms with Gasteiger partial charge in [0.1, 0.15) is 0 Å². The van der Waals surface area contributed by atoms with E-state index in [1.54, 1.807) is 0 Å². The Morgan fingerprint density at radius 1 is 1.07 bits per heavy atom. The molecule has 1 heterocycles. The zero-order valence-corrected chi connectivity index (χ0v) is 9.67. The van der Waals surface area contributed by atoms with E-state index in [4.69, 9.17) is 5.73 Å². The Balaban J connectivity index is 2.19. The van der Waals surface area contributed by atoms with Crippen LogP contribution in [0.25, 0.3) is 0 Å². The predicted octanol–water partition coefficient (Wildman–Crippen LogP) is 2.38. The highest BCUT2D eigenvalue weighted by molar-refractivity contribution is 4.69. The van der Waals surface area contributed by atoms with Crippen LogP contribution in [-0.4, -0.2) is 30.6 Å². The summed E-state index contributed by atoms with van der Waals surface area (Å²) >= 11 is 0. The third kappa shape index (κ3) is 4.97. The zero-order valence-electron chi connectivity index (χ0n) is 9.67. The van der Waals surface area contributed by atoms with Gasteiger partial charge in [-0.25, -0.2) is 0 Å². The van der Waals surface area contributed by atoms with Gasteiger partial charge in [0.15, 0.2) is 0 Å². The SMILES string of the molecule is CCC[C@H](N)CN1CCCCCCC1. The standard InChI is InChI=1S/C12H26N2/c1-2-8-12(13)11-14-9-6-4-3-5-7-10-14/h12H,2-11,13H2,1H3/t12-/m0/s1. The van der Waals surface area contributed by atoms with Crippen molar-refractivity contribution in [3.05, 3.63) is 0 Å². The molecule has 1 aliphatic heterocycles. The van der Waals surface area contributed by atoms with Crippen LogP contribution in [0.1, 0.15) is 51.9 Å². The van der Waals surface area contributed by atoms with Gasteiger partial charge in [-0.15, -0.1) is 0 Å². The second-order valence-electron chi connectivity index (χ2n) is 4.62. The van der Waals surface area contributed by atoms with E-state index >= 15 is 0 Å². The lowest BCUT2D eigenvalue weighted by Crippen LogP contribution is -2.39. The van der Waals surface area contributed by atoms with Crippen molar-refractivity contribution in [2.24, 2.45) is 5.73 Å². The summed E-state index contributed by atoms with van der Waals surface area (Å²) in [5.41, 5.74) is 6.06. The molecule has 1 rings (SSSR count). The quantitative estimate of drug-likeness (QED) is 0.751. The number of nitrogens with zero attached hydrogens (tertiary/aromatic N) is 1. The molecule has 0 aromatic heterocycles. The van der Waals surface area contributed by atoms with Crippen LogP contribution < -0.4 is 5.73 Å². The number of hydrogen-bond donors (Lipinski definition) is 1. The van der Waals surface area contributed by atoms with E-state index in [1.165, 1.54) is 58.0 Å². The van der Waals surface area contributed by atoms with E-state index < -0.39 is 0 Å². The summed E-state index contributed by atoms with van der Waals surface area (Å²) in [6.45, 7) is 5.88. The summed E-state index contributed by atoms with van der Waals surface area (Å²) < 4.78 is 0. The number of likely N-dealkylation sites (tertiary alicyclic amines) is 1. The molecule has 2 heteroatoms. The number of rotatable bonds is 4. The van der Waals surface area contributed by atoms with Crippen molar-refractivity contribution in [1.82, 2.24) is 4.90 Å². The smallest absolute Gasteiger partial charge is 0.0167 e.